The van der Waals surface area contributed by atoms with Gasteiger partial charge < -0.3 is 10.5 Å². The van der Waals surface area contributed by atoms with Crippen LogP contribution in [-0.2, 0) is 52.1 Å². The second-order valence-electron chi connectivity index (χ2n) is 18.0. The number of hydrogen-bond acceptors (Lipinski definition) is 2. The van der Waals surface area contributed by atoms with Crippen molar-refractivity contribution in [3.8, 4) is 22.3 Å². The average Bonchev–Trinajstić information content (AvgIpc) is 3.78. The molecule has 0 saturated heterocycles. The maximum atomic E-state index is 9.38. The zero-order valence-corrected chi connectivity index (χ0v) is 39.2. The molecule has 6 aromatic rings. The Morgan fingerprint density at radius 3 is 1.12 bits per heavy atom. The first-order chi connectivity index (χ1) is 26.2. The number of nitrogens with one attached hydrogen (secondary N) is 2. The molecule has 8 heteroatoms. The molecular weight excluding hydrogens is 809 g/mol. The Morgan fingerprint density at radius 1 is 0.500 bits per heavy atom. The van der Waals surface area contributed by atoms with Gasteiger partial charge in [-0.2, -0.15) is 12.1 Å². The molecule has 6 aromatic carbocycles. The van der Waals surface area contributed by atoms with Crippen LogP contribution in [0.1, 0.15) is 105 Å². The van der Waals surface area contributed by atoms with E-state index in [0.29, 0.717) is 12.8 Å². The minimum absolute atomic E-state index is 0.137. The van der Waals surface area contributed by atoms with E-state index in [1.165, 1.54) is 66.1 Å². The predicted molar refractivity (Wildman–Crippen MR) is 241 cm³/mol. The standard InChI is InChI=1S/2C23H27.C2H4BN2O2.2ClH.Zr/c2*1-22(2,3)17-14-16-10-9-12-18(20(16)15-17)19-11-7-8-13-21(19)23(4,5)6;6-1-4-3-5-2-7;;;/h2*7-15H,1-6H3;1-2H,(H,4,6)(H,5,7);2*1H;/q2*-1;;;;+4/p-2. The fraction of sp³-hybridized carbons (Fsp3) is 0.333. The van der Waals surface area contributed by atoms with Crippen LogP contribution in [0, 0.1) is 0 Å². The molecule has 6 rings (SSSR count). The number of benzene rings is 4. The minimum atomic E-state index is -0.826. The number of amides is 2. The van der Waals surface area contributed by atoms with Crippen LogP contribution < -0.4 is 10.5 Å². The van der Waals surface area contributed by atoms with Crippen molar-refractivity contribution >= 4 is 58.9 Å². The van der Waals surface area contributed by atoms with Gasteiger partial charge in [0.05, 0.1) is 0 Å². The summed E-state index contributed by atoms with van der Waals surface area (Å²) in [6, 6.07) is 40.5. The Balaban J connectivity index is 0.000000243. The van der Waals surface area contributed by atoms with Gasteiger partial charge in [0.1, 0.15) is 0 Å². The van der Waals surface area contributed by atoms with E-state index in [9.17, 15) is 9.59 Å². The molecule has 0 fully saturated rings. The van der Waals surface area contributed by atoms with Crippen molar-refractivity contribution in [2.75, 3.05) is 0 Å². The van der Waals surface area contributed by atoms with Crippen molar-refractivity contribution < 1.29 is 30.4 Å². The van der Waals surface area contributed by atoms with Crippen LogP contribution in [0.4, 0.5) is 0 Å². The number of carbonyl (C=O) groups is 2. The van der Waals surface area contributed by atoms with Gasteiger partial charge in [-0.1, -0.05) is 155 Å². The topological polar surface area (TPSA) is 58.2 Å². The van der Waals surface area contributed by atoms with E-state index in [1.54, 1.807) is 0 Å². The summed E-state index contributed by atoms with van der Waals surface area (Å²) < 4.78 is 0. The number of halogens is 2. The van der Waals surface area contributed by atoms with Crippen molar-refractivity contribution in [1.29, 1.82) is 0 Å². The Labute approximate surface area is 355 Å². The molecule has 0 aliphatic heterocycles. The van der Waals surface area contributed by atoms with Crippen LogP contribution in [-0.4, -0.2) is 20.4 Å². The number of carbonyl (C=O) groups excluding carboxylic acids is 2. The van der Waals surface area contributed by atoms with Crippen LogP contribution >= 0.6 is 17.0 Å². The molecular formula is C48H58BCl2N2O2Zr. The van der Waals surface area contributed by atoms with Gasteiger partial charge in [-0.05, 0) is 43.9 Å². The summed E-state index contributed by atoms with van der Waals surface area (Å²) in [6.07, 6.45) is 0.910. The Bertz CT molecular complexity index is 2020. The Hall–Kier alpha value is -3.43. The fourth-order valence-corrected chi connectivity index (χ4v) is 6.67. The first-order valence-electron chi connectivity index (χ1n) is 19.0. The van der Waals surface area contributed by atoms with E-state index in [-0.39, 0.29) is 21.7 Å². The van der Waals surface area contributed by atoms with E-state index < -0.39 is 20.8 Å². The summed E-state index contributed by atoms with van der Waals surface area (Å²) >= 11 is -0.826. The zero-order valence-electron chi connectivity index (χ0n) is 35.2. The molecule has 0 unspecified atom stereocenters. The van der Waals surface area contributed by atoms with Gasteiger partial charge in [-0.15, -0.1) is 69.1 Å². The van der Waals surface area contributed by atoms with Gasteiger partial charge >= 0.3 is 45.4 Å². The summed E-state index contributed by atoms with van der Waals surface area (Å²) in [5.74, 6) is 0. The molecule has 0 aliphatic carbocycles. The molecule has 4 nitrogen and oxygen atoms in total. The molecule has 0 heterocycles. The van der Waals surface area contributed by atoms with E-state index >= 15 is 0 Å². The molecule has 0 atom stereocenters. The van der Waals surface area contributed by atoms with Crippen LogP contribution in [0.2, 0.25) is 0 Å². The third-order valence-corrected chi connectivity index (χ3v) is 9.59. The molecule has 0 aliphatic rings. The van der Waals surface area contributed by atoms with Gasteiger partial charge in [-0.25, -0.2) is 0 Å². The van der Waals surface area contributed by atoms with Crippen LogP contribution in [0.5, 0.6) is 0 Å². The van der Waals surface area contributed by atoms with E-state index in [4.69, 9.17) is 17.0 Å². The van der Waals surface area contributed by atoms with Crippen LogP contribution in [0.3, 0.4) is 0 Å². The predicted octanol–water partition coefficient (Wildman–Crippen LogP) is 13.0. The molecule has 0 aromatic heterocycles. The molecule has 1 radical (unpaired) electrons. The van der Waals surface area contributed by atoms with Gasteiger partial charge in [0.15, 0.2) is 12.8 Å². The number of hydrogen-bond donors (Lipinski definition) is 2. The van der Waals surface area contributed by atoms with Crippen molar-refractivity contribution in [3.05, 3.63) is 131 Å². The Morgan fingerprint density at radius 2 is 0.821 bits per heavy atom. The summed E-state index contributed by atoms with van der Waals surface area (Å²) in [5.41, 5.74) is 11.7. The van der Waals surface area contributed by atoms with E-state index in [2.05, 4.69) is 203 Å². The molecule has 56 heavy (non-hydrogen) atoms. The molecule has 0 spiro atoms. The van der Waals surface area contributed by atoms with Crippen molar-refractivity contribution in [1.82, 2.24) is 10.5 Å². The molecule has 2 N–H and O–H groups in total. The third kappa shape index (κ3) is 12.8. The van der Waals surface area contributed by atoms with Gasteiger partial charge in [0, 0.05) is 0 Å². The number of rotatable bonds is 6. The fourth-order valence-electron chi connectivity index (χ4n) is 6.67. The van der Waals surface area contributed by atoms with Gasteiger partial charge in [0.2, 0.25) is 0 Å². The summed E-state index contributed by atoms with van der Waals surface area (Å²) in [4.78, 5) is 18.8. The molecule has 2 amide bonds. The molecule has 0 saturated carbocycles. The number of fused-ring (bicyclic) bond motifs is 2. The SMILES string of the molecule is CC(C)(C)c1cc2c(-c3ccccc3C(C)(C)C)cccc2[cH-]1.CC(C)(C)c1cc2c(-c3ccccc3C(C)(C)C)cccc2[cH-]1.O=CN[B]NC=O.[Cl][Zr+2][Cl]. The summed E-state index contributed by atoms with van der Waals surface area (Å²) in [5, 5.41) is 9.63. The summed E-state index contributed by atoms with van der Waals surface area (Å²) in [7, 11) is 11.0. The second kappa shape index (κ2) is 20.3. The Kier molecular flexibility index (Phi) is 17.0. The first kappa shape index (κ1) is 46.9. The van der Waals surface area contributed by atoms with Gasteiger partial charge in [0.25, 0.3) is 0 Å². The second-order valence-corrected chi connectivity index (χ2v) is 21.7. The van der Waals surface area contributed by atoms with Crippen molar-refractivity contribution in [3.63, 3.8) is 0 Å². The normalized spacial score (nSPS) is 11.5. The quantitative estimate of drug-likeness (QED) is 0.0758. The summed E-state index contributed by atoms with van der Waals surface area (Å²) in [6.45, 7) is 27.4. The van der Waals surface area contributed by atoms with E-state index in [0.717, 1.165) is 7.55 Å². The van der Waals surface area contributed by atoms with E-state index in [1.807, 2.05) is 0 Å². The monoisotopic (exact) mass is 865 g/mol. The molecule has 0 bridgehead atoms. The van der Waals surface area contributed by atoms with Gasteiger partial charge in [-0.3, -0.25) is 9.59 Å². The molecule has 293 valence electrons. The van der Waals surface area contributed by atoms with Crippen molar-refractivity contribution in [2.24, 2.45) is 0 Å². The average molecular weight is 868 g/mol. The third-order valence-electron chi connectivity index (χ3n) is 9.59. The van der Waals surface area contributed by atoms with Crippen LogP contribution in [0.25, 0.3) is 43.8 Å². The zero-order chi connectivity index (χ0) is 41.9. The van der Waals surface area contributed by atoms with Crippen molar-refractivity contribution in [2.45, 2.75) is 105 Å². The van der Waals surface area contributed by atoms with Crippen LogP contribution in [0.15, 0.2) is 109 Å². The first-order valence-corrected chi connectivity index (χ1v) is 25.3. The maximum absolute atomic E-state index is 9.38.